The molecule has 0 amide bonds. The maximum absolute atomic E-state index is 4.91. The number of hydrogen-bond donors (Lipinski definition) is 1. The van der Waals surface area contributed by atoms with Gasteiger partial charge < -0.3 is 9.84 Å². The van der Waals surface area contributed by atoms with E-state index in [1.807, 2.05) is 27.0 Å². The van der Waals surface area contributed by atoms with Gasteiger partial charge in [-0.05, 0) is 5.92 Å². The van der Waals surface area contributed by atoms with Crippen LogP contribution in [0.25, 0.3) is 0 Å². The molecule has 0 aliphatic carbocycles. The van der Waals surface area contributed by atoms with Crippen LogP contribution in [0.15, 0.2) is 10.6 Å². The van der Waals surface area contributed by atoms with Gasteiger partial charge in [0.2, 0.25) is 5.88 Å². The highest BCUT2D eigenvalue weighted by Crippen LogP contribution is 2.16. The SMILES string of the molecule is CC.CNc1cc(C(C)C)no1. The molecular formula is C9H18N2O. The van der Waals surface area contributed by atoms with Gasteiger partial charge >= 0.3 is 0 Å². The van der Waals surface area contributed by atoms with Crippen LogP contribution in [-0.4, -0.2) is 12.2 Å². The third-order valence-electron chi connectivity index (χ3n) is 1.37. The van der Waals surface area contributed by atoms with E-state index in [9.17, 15) is 0 Å². The van der Waals surface area contributed by atoms with E-state index in [2.05, 4.69) is 24.3 Å². The summed E-state index contributed by atoms with van der Waals surface area (Å²) in [6, 6.07) is 1.91. The third-order valence-corrected chi connectivity index (χ3v) is 1.37. The molecule has 12 heavy (non-hydrogen) atoms. The predicted molar refractivity (Wildman–Crippen MR) is 51.5 cm³/mol. The van der Waals surface area contributed by atoms with Crippen molar-refractivity contribution < 1.29 is 4.52 Å². The minimum Gasteiger partial charge on any atom is -0.357 e. The summed E-state index contributed by atoms with van der Waals surface area (Å²) in [6.07, 6.45) is 0. The molecule has 0 aliphatic rings. The molecule has 1 aromatic rings. The molecule has 0 atom stereocenters. The van der Waals surface area contributed by atoms with Crippen molar-refractivity contribution in [2.45, 2.75) is 33.6 Å². The highest BCUT2D eigenvalue weighted by molar-refractivity contribution is 5.31. The van der Waals surface area contributed by atoms with Crippen LogP contribution < -0.4 is 5.32 Å². The lowest BCUT2D eigenvalue weighted by Gasteiger charge is -1.92. The zero-order valence-electron chi connectivity index (χ0n) is 8.51. The summed E-state index contributed by atoms with van der Waals surface area (Å²) in [6.45, 7) is 8.16. The largest absolute Gasteiger partial charge is 0.357 e. The van der Waals surface area contributed by atoms with Gasteiger partial charge in [0.15, 0.2) is 0 Å². The van der Waals surface area contributed by atoms with Crippen LogP contribution in [0.1, 0.15) is 39.3 Å². The minimum absolute atomic E-state index is 0.436. The van der Waals surface area contributed by atoms with Crippen molar-refractivity contribution in [2.75, 3.05) is 12.4 Å². The highest BCUT2D eigenvalue weighted by atomic mass is 16.5. The fourth-order valence-corrected chi connectivity index (χ4v) is 0.679. The zero-order valence-corrected chi connectivity index (χ0v) is 8.51. The van der Waals surface area contributed by atoms with Gasteiger partial charge in [0, 0.05) is 13.1 Å². The Hall–Kier alpha value is -0.990. The second-order valence-electron chi connectivity index (χ2n) is 2.52. The summed E-state index contributed by atoms with van der Waals surface area (Å²) in [5.41, 5.74) is 0.990. The van der Waals surface area contributed by atoms with Crippen LogP contribution in [0.2, 0.25) is 0 Å². The fourth-order valence-electron chi connectivity index (χ4n) is 0.679. The lowest BCUT2D eigenvalue weighted by atomic mass is 10.1. The Balaban J connectivity index is 0.000000561. The van der Waals surface area contributed by atoms with Crippen LogP contribution in [0, 0.1) is 0 Å². The van der Waals surface area contributed by atoms with E-state index in [1.54, 1.807) is 0 Å². The molecule has 0 spiro atoms. The number of aromatic nitrogens is 1. The molecular weight excluding hydrogens is 152 g/mol. The van der Waals surface area contributed by atoms with Crippen molar-refractivity contribution in [2.24, 2.45) is 0 Å². The third kappa shape index (κ3) is 2.95. The summed E-state index contributed by atoms with van der Waals surface area (Å²) in [7, 11) is 1.81. The predicted octanol–water partition coefficient (Wildman–Crippen LogP) is 2.87. The number of nitrogens with zero attached hydrogens (tertiary/aromatic N) is 1. The topological polar surface area (TPSA) is 38.1 Å². The van der Waals surface area contributed by atoms with E-state index < -0.39 is 0 Å². The van der Waals surface area contributed by atoms with E-state index in [1.165, 1.54) is 0 Å². The monoisotopic (exact) mass is 170 g/mol. The van der Waals surface area contributed by atoms with Crippen LogP contribution in [-0.2, 0) is 0 Å². The van der Waals surface area contributed by atoms with Crippen molar-refractivity contribution in [3.8, 4) is 0 Å². The Morgan fingerprint density at radius 3 is 2.25 bits per heavy atom. The first-order chi connectivity index (χ1) is 5.74. The Morgan fingerprint density at radius 2 is 2.00 bits per heavy atom. The molecule has 0 aliphatic heterocycles. The first kappa shape index (κ1) is 11.0. The minimum atomic E-state index is 0.436. The van der Waals surface area contributed by atoms with Gasteiger partial charge in [-0.25, -0.2) is 0 Å². The number of nitrogens with one attached hydrogen (secondary N) is 1. The first-order valence-corrected chi connectivity index (χ1v) is 4.38. The number of anilines is 1. The Labute approximate surface area is 74.1 Å². The van der Waals surface area contributed by atoms with Gasteiger partial charge in [0.1, 0.15) is 0 Å². The van der Waals surface area contributed by atoms with Gasteiger partial charge in [0.25, 0.3) is 0 Å². The quantitative estimate of drug-likeness (QED) is 0.741. The van der Waals surface area contributed by atoms with E-state index in [0.717, 1.165) is 11.6 Å². The summed E-state index contributed by atoms with van der Waals surface area (Å²) < 4.78 is 4.91. The molecule has 1 aromatic heterocycles. The van der Waals surface area contributed by atoms with Crippen molar-refractivity contribution >= 4 is 5.88 Å². The van der Waals surface area contributed by atoms with E-state index in [-0.39, 0.29) is 0 Å². The summed E-state index contributed by atoms with van der Waals surface area (Å²) in [5.74, 6) is 1.16. The van der Waals surface area contributed by atoms with Gasteiger partial charge in [-0.3, -0.25) is 0 Å². The van der Waals surface area contributed by atoms with Crippen molar-refractivity contribution in [1.82, 2.24) is 5.16 Å². The fraction of sp³-hybridized carbons (Fsp3) is 0.667. The molecule has 0 bridgehead atoms. The van der Waals surface area contributed by atoms with Crippen LogP contribution >= 0.6 is 0 Å². The number of hydrogen-bond acceptors (Lipinski definition) is 3. The summed E-state index contributed by atoms with van der Waals surface area (Å²) in [4.78, 5) is 0. The molecule has 0 aromatic carbocycles. The van der Waals surface area contributed by atoms with Crippen LogP contribution in [0.5, 0.6) is 0 Å². The van der Waals surface area contributed by atoms with Gasteiger partial charge in [-0.15, -0.1) is 0 Å². The Morgan fingerprint density at radius 1 is 1.42 bits per heavy atom. The van der Waals surface area contributed by atoms with E-state index in [0.29, 0.717) is 5.92 Å². The number of rotatable bonds is 2. The molecule has 70 valence electrons. The summed E-state index contributed by atoms with van der Waals surface area (Å²) in [5, 5.41) is 6.72. The molecule has 0 unspecified atom stereocenters. The average molecular weight is 170 g/mol. The maximum atomic E-state index is 4.91. The maximum Gasteiger partial charge on any atom is 0.224 e. The molecule has 0 fully saturated rings. The Bertz CT molecular complexity index is 206. The second-order valence-corrected chi connectivity index (χ2v) is 2.52. The normalized spacial score (nSPS) is 9.17. The van der Waals surface area contributed by atoms with E-state index >= 15 is 0 Å². The molecule has 3 heteroatoms. The standard InChI is InChI=1S/C7H12N2O.C2H6/c1-5(2)6-4-7(8-3)10-9-6;1-2/h4-5,8H,1-3H3;1-2H3. The van der Waals surface area contributed by atoms with Gasteiger partial charge in [0.05, 0.1) is 5.69 Å². The van der Waals surface area contributed by atoms with Crippen molar-refractivity contribution in [1.29, 1.82) is 0 Å². The van der Waals surface area contributed by atoms with Crippen LogP contribution in [0.3, 0.4) is 0 Å². The molecule has 1 N–H and O–H groups in total. The average Bonchev–Trinajstić information content (AvgIpc) is 2.55. The van der Waals surface area contributed by atoms with Gasteiger partial charge in [-0.2, -0.15) is 0 Å². The lowest BCUT2D eigenvalue weighted by molar-refractivity contribution is 0.421. The molecule has 0 radical (unpaired) electrons. The van der Waals surface area contributed by atoms with Crippen molar-refractivity contribution in [3.05, 3.63) is 11.8 Å². The zero-order chi connectivity index (χ0) is 9.56. The Kier molecular flexibility index (Phi) is 5.17. The van der Waals surface area contributed by atoms with Crippen molar-refractivity contribution in [3.63, 3.8) is 0 Å². The molecule has 1 rings (SSSR count). The second kappa shape index (κ2) is 5.63. The van der Waals surface area contributed by atoms with Crippen LogP contribution in [0.4, 0.5) is 5.88 Å². The molecule has 0 saturated carbocycles. The molecule has 1 heterocycles. The lowest BCUT2D eigenvalue weighted by Crippen LogP contribution is -1.85. The van der Waals surface area contributed by atoms with Gasteiger partial charge in [-0.1, -0.05) is 32.9 Å². The van der Waals surface area contributed by atoms with E-state index in [4.69, 9.17) is 4.52 Å². The summed E-state index contributed by atoms with van der Waals surface area (Å²) >= 11 is 0. The molecule has 0 saturated heterocycles. The highest BCUT2D eigenvalue weighted by Gasteiger charge is 2.04. The smallest absolute Gasteiger partial charge is 0.224 e. The first-order valence-electron chi connectivity index (χ1n) is 4.38. The molecule has 3 nitrogen and oxygen atoms in total.